The maximum Gasteiger partial charge on any atom is 0.222 e. The van der Waals surface area contributed by atoms with Gasteiger partial charge in [-0.25, -0.2) is 0 Å². The van der Waals surface area contributed by atoms with Crippen molar-refractivity contribution in [2.24, 2.45) is 5.92 Å². The van der Waals surface area contributed by atoms with Gasteiger partial charge in [-0.05, 0) is 18.8 Å². The van der Waals surface area contributed by atoms with Gasteiger partial charge in [0.25, 0.3) is 0 Å². The van der Waals surface area contributed by atoms with Gasteiger partial charge in [-0.1, -0.05) is 22.2 Å². The zero-order chi connectivity index (χ0) is 11.0. The summed E-state index contributed by atoms with van der Waals surface area (Å²) in [5.41, 5.74) is 0.769. The second-order valence-electron chi connectivity index (χ2n) is 4.51. The third-order valence-electron chi connectivity index (χ3n) is 3.54. The molecule has 0 N–H and O–H groups in total. The Morgan fingerprint density at radius 2 is 2.33 bits per heavy atom. The summed E-state index contributed by atoms with van der Waals surface area (Å²) in [5, 5.41) is 0. The first kappa shape index (κ1) is 12.6. The summed E-state index contributed by atoms with van der Waals surface area (Å²) in [4.78, 5) is 14.0. The molecule has 7 atom stereocenters. The van der Waals surface area contributed by atoms with E-state index in [0.717, 1.165) is 33.0 Å². The minimum Gasteiger partial charge on any atom is -0.339 e. The Balaban J connectivity index is 2.15. The van der Waals surface area contributed by atoms with Crippen molar-refractivity contribution < 1.29 is 4.79 Å². The topological polar surface area (TPSA) is 20.3 Å². The van der Waals surface area contributed by atoms with E-state index in [-0.39, 0.29) is 7.30 Å². The van der Waals surface area contributed by atoms with Crippen LogP contribution in [0.5, 0.6) is 0 Å². The van der Waals surface area contributed by atoms with Gasteiger partial charge in [-0.2, -0.15) is 0 Å². The fourth-order valence-electron chi connectivity index (χ4n) is 2.88. The highest BCUT2D eigenvalue weighted by Crippen LogP contribution is 2.72. The van der Waals surface area contributed by atoms with Crippen molar-refractivity contribution in [3.05, 3.63) is 0 Å². The molecule has 5 unspecified atom stereocenters. The molecule has 2 fully saturated rings. The van der Waals surface area contributed by atoms with Crippen LogP contribution in [0.4, 0.5) is 0 Å². The molecule has 6 heteroatoms. The molecule has 0 spiro atoms. The van der Waals surface area contributed by atoms with Crippen LogP contribution in [0.2, 0.25) is 0 Å². The van der Waals surface area contributed by atoms with Crippen LogP contribution < -0.4 is 0 Å². The third kappa shape index (κ3) is 2.40. The molecule has 2 nitrogen and oxygen atoms in total. The van der Waals surface area contributed by atoms with Crippen molar-refractivity contribution in [2.45, 2.75) is 37.9 Å². The molecule has 2 aliphatic heterocycles. The Labute approximate surface area is 99.3 Å². The highest BCUT2D eigenvalue weighted by Gasteiger charge is 2.45. The SMILES string of the molecule is C[C@H]1CN2C(=O)CCCC2[C@@H]1P(P)PP. The molecule has 2 aliphatic rings. The van der Waals surface area contributed by atoms with Gasteiger partial charge in [0, 0.05) is 24.7 Å². The van der Waals surface area contributed by atoms with Crippen LogP contribution in [0.15, 0.2) is 0 Å². The highest BCUT2D eigenvalue weighted by atomic mass is 32.6. The summed E-state index contributed by atoms with van der Waals surface area (Å²) < 4.78 is 0. The Hall–Kier alpha value is 1.19. The van der Waals surface area contributed by atoms with Gasteiger partial charge in [0.15, 0.2) is 0 Å². The van der Waals surface area contributed by atoms with E-state index in [2.05, 4.69) is 29.7 Å². The molecule has 86 valence electrons. The van der Waals surface area contributed by atoms with Gasteiger partial charge in [0.05, 0.1) is 0 Å². The molecule has 0 saturated carbocycles. The molecule has 0 bridgehead atoms. The van der Waals surface area contributed by atoms with Crippen molar-refractivity contribution in [1.29, 1.82) is 0 Å². The van der Waals surface area contributed by atoms with E-state index < -0.39 is 0 Å². The summed E-state index contributed by atoms with van der Waals surface area (Å²) in [5.74, 6) is 1.11. The average molecular weight is 281 g/mol. The fraction of sp³-hybridized carbons (Fsp3) is 0.889. The number of nitrogens with zero attached hydrogens (tertiary/aromatic N) is 1. The lowest BCUT2D eigenvalue weighted by Gasteiger charge is -2.34. The van der Waals surface area contributed by atoms with Crippen molar-refractivity contribution in [3.8, 4) is 0 Å². The average Bonchev–Trinajstić information content (AvgIpc) is 2.55. The monoisotopic (exact) mass is 281 g/mol. The molecule has 15 heavy (non-hydrogen) atoms. The number of amides is 1. The second-order valence-corrected chi connectivity index (χ2v) is 14.0. The van der Waals surface area contributed by atoms with Crippen molar-refractivity contribution in [1.82, 2.24) is 4.90 Å². The molecule has 0 radical (unpaired) electrons. The lowest BCUT2D eigenvalue weighted by Crippen LogP contribution is -2.41. The van der Waals surface area contributed by atoms with Crippen LogP contribution in [0.25, 0.3) is 0 Å². The van der Waals surface area contributed by atoms with E-state index >= 15 is 0 Å². The zero-order valence-electron chi connectivity index (χ0n) is 9.02. The molecule has 0 aromatic heterocycles. The summed E-state index contributed by atoms with van der Waals surface area (Å²) >= 11 is 0. The number of piperidine rings is 1. The minimum absolute atomic E-state index is 0.0320. The smallest absolute Gasteiger partial charge is 0.222 e. The standard InChI is InChI=1S/C9H19NOP4/c1-6-5-10-7(3-2-4-8(10)11)9(6)15(13)14-12/h6-7,9,14H,2-5,12-13H2,1H3/t6-,7?,9+,15?/m0/s1. The maximum atomic E-state index is 11.8. The number of rotatable bonds is 2. The fourth-order valence-corrected chi connectivity index (χ4v) is 9.20. The number of fused-ring (bicyclic) bond motifs is 1. The lowest BCUT2D eigenvalue weighted by molar-refractivity contribution is -0.134. The van der Waals surface area contributed by atoms with Crippen LogP contribution in [0.1, 0.15) is 26.2 Å². The van der Waals surface area contributed by atoms with E-state index in [1.165, 1.54) is 6.42 Å². The van der Waals surface area contributed by atoms with Gasteiger partial charge in [-0.15, -0.1) is 17.9 Å². The normalized spacial score (nSPS) is 38.7. The van der Waals surface area contributed by atoms with E-state index in [4.69, 9.17) is 0 Å². The number of hydrogen-bond acceptors (Lipinski definition) is 1. The largest absolute Gasteiger partial charge is 0.339 e. The molecule has 0 aliphatic carbocycles. The molecule has 0 aromatic carbocycles. The van der Waals surface area contributed by atoms with Crippen molar-refractivity contribution >= 4 is 39.0 Å². The third-order valence-corrected chi connectivity index (χ3v) is 14.9. The van der Waals surface area contributed by atoms with Gasteiger partial charge in [0.2, 0.25) is 5.91 Å². The first-order chi connectivity index (χ1) is 7.15. The zero-order valence-corrected chi connectivity index (χ0v) is 13.2. The van der Waals surface area contributed by atoms with E-state index in [0.29, 0.717) is 17.9 Å². The molecular formula is C9H19NOP4. The molecule has 1 amide bonds. The number of carbonyl (C=O) groups is 1. The first-order valence-corrected chi connectivity index (χ1v) is 12.1. The lowest BCUT2D eigenvalue weighted by atomic mass is 9.99. The van der Waals surface area contributed by atoms with Crippen molar-refractivity contribution in [2.75, 3.05) is 6.54 Å². The van der Waals surface area contributed by atoms with E-state index in [1.54, 1.807) is 0 Å². The predicted octanol–water partition coefficient (Wildman–Crippen LogP) is 3.04. The first-order valence-electron chi connectivity index (χ1n) is 5.44. The number of hydrogen-bond donors (Lipinski definition) is 0. The maximum absolute atomic E-state index is 11.8. The Bertz CT molecular complexity index is 262. The molecular weight excluding hydrogens is 262 g/mol. The van der Waals surface area contributed by atoms with E-state index in [1.807, 2.05) is 0 Å². The molecule has 0 aromatic rings. The van der Waals surface area contributed by atoms with Gasteiger partial charge >= 0.3 is 0 Å². The van der Waals surface area contributed by atoms with Crippen LogP contribution in [0.3, 0.4) is 0 Å². The van der Waals surface area contributed by atoms with Crippen molar-refractivity contribution in [3.63, 3.8) is 0 Å². The van der Waals surface area contributed by atoms with Crippen LogP contribution in [0, 0.1) is 5.92 Å². The van der Waals surface area contributed by atoms with Crippen LogP contribution in [-0.2, 0) is 4.79 Å². The van der Waals surface area contributed by atoms with Gasteiger partial charge in [-0.3, -0.25) is 4.79 Å². The summed E-state index contributed by atoms with van der Waals surface area (Å²) in [6, 6.07) is 0.568. The van der Waals surface area contributed by atoms with Gasteiger partial charge < -0.3 is 4.90 Å². The quantitative estimate of drug-likeness (QED) is 0.712. The Morgan fingerprint density at radius 3 is 3.00 bits per heavy atom. The highest BCUT2D eigenvalue weighted by molar-refractivity contribution is 8.61. The predicted molar refractivity (Wildman–Crippen MR) is 77.0 cm³/mol. The Morgan fingerprint density at radius 1 is 1.60 bits per heavy atom. The van der Waals surface area contributed by atoms with E-state index in [9.17, 15) is 4.79 Å². The van der Waals surface area contributed by atoms with Crippen LogP contribution in [-0.4, -0.2) is 29.1 Å². The summed E-state index contributed by atoms with van der Waals surface area (Å²) in [6.07, 6.45) is 3.13. The summed E-state index contributed by atoms with van der Waals surface area (Å²) in [7, 11) is 6.92. The second kappa shape index (κ2) is 5.23. The minimum atomic E-state index is 0.0320. The Kier molecular flexibility index (Phi) is 4.41. The molecule has 2 rings (SSSR count). The summed E-state index contributed by atoms with van der Waals surface area (Å²) in [6.45, 7) is 3.33. The van der Waals surface area contributed by atoms with Gasteiger partial charge in [0.1, 0.15) is 0 Å². The molecule has 2 heterocycles. The molecule has 2 saturated heterocycles. The number of carbonyl (C=O) groups excluding carboxylic acids is 1. The van der Waals surface area contributed by atoms with Crippen LogP contribution >= 0.6 is 33.1 Å².